The van der Waals surface area contributed by atoms with Gasteiger partial charge in [-0.25, -0.2) is 14.2 Å². The lowest BCUT2D eigenvalue weighted by atomic mass is 10.0. The van der Waals surface area contributed by atoms with Gasteiger partial charge < -0.3 is 28.8 Å². The number of nitrogens with zero attached hydrogens (tertiary/aromatic N) is 6. The van der Waals surface area contributed by atoms with Crippen molar-refractivity contribution in [1.29, 1.82) is 5.26 Å². The Hall–Kier alpha value is -4.44. The topological polar surface area (TPSA) is 126 Å². The van der Waals surface area contributed by atoms with Crippen molar-refractivity contribution in [2.75, 3.05) is 31.2 Å². The summed E-state index contributed by atoms with van der Waals surface area (Å²) < 4.78 is 36.1. The van der Waals surface area contributed by atoms with Crippen molar-refractivity contribution in [3.05, 3.63) is 76.6 Å². The molecule has 2 aromatic heterocycles. The number of halogens is 2. The van der Waals surface area contributed by atoms with Crippen molar-refractivity contribution in [2.45, 2.75) is 57.1 Å². The molecule has 3 aliphatic heterocycles. The predicted molar refractivity (Wildman–Crippen MR) is 169 cm³/mol. The Kier molecular flexibility index (Phi) is 7.05. The molecule has 4 aromatic rings. The van der Waals surface area contributed by atoms with E-state index in [-0.39, 0.29) is 28.6 Å². The number of ether oxygens (including phenoxy) is 3. The molecule has 0 spiro atoms. The van der Waals surface area contributed by atoms with Gasteiger partial charge in [-0.15, -0.1) is 0 Å². The van der Waals surface area contributed by atoms with Crippen LogP contribution in [0, 0.1) is 22.6 Å². The van der Waals surface area contributed by atoms with Gasteiger partial charge >= 0.3 is 5.97 Å². The summed E-state index contributed by atoms with van der Waals surface area (Å²) in [6.07, 6.45) is 3.72. The fourth-order valence-electron chi connectivity index (χ4n) is 7.23. The molecule has 4 aliphatic rings. The molecule has 3 fully saturated rings. The van der Waals surface area contributed by atoms with E-state index in [1.165, 1.54) is 6.07 Å². The summed E-state index contributed by atoms with van der Waals surface area (Å²) in [6.45, 7) is 5.09. The van der Waals surface area contributed by atoms with Gasteiger partial charge in [0.2, 0.25) is 0 Å². The van der Waals surface area contributed by atoms with Crippen LogP contribution in [0.4, 0.5) is 10.1 Å². The summed E-state index contributed by atoms with van der Waals surface area (Å²) in [7, 11) is 0. The number of benzene rings is 2. The zero-order valence-electron chi connectivity index (χ0n) is 25.7. The highest BCUT2D eigenvalue weighted by Gasteiger charge is 2.47. The number of hydrogen-bond acceptors (Lipinski definition) is 9. The molecule has 0 amide bonds. The van der Waals surface area contributed by atoms with E-state index in [1.54, 1.807) is 18.3 Å². The molecule has 2 aromatic carbocycles. The summed E-state index contributed by atoms with van der Waals surface area (Å²) >= 11 is 6.07. The minimum Gasteiger partial charge on any atom is -0.478 e. The first-order chi connectivity index (χ1) is 22.7. The van der Waals surface area contributed by atoms with Crippen molar-refractivity contribution >= 4 is 34.3 Å². The molecule has 242 valence electrons. The van der Waals surface area contributed by atoms with E-state index in [0.717, 1.165) is 24.6 Å². The van der Waals surface area contributed by atoms with Crippen LogP contribution in [0.5, 0.6) is 11.5 Å². The number of carbonyl (C=O) groups is 1. The Labute approximate surface area is 275 Å². The normalized spacial score (nSPS) is 24.3. The van der Waals surface area contributed by atoms with Gasteiger partial charge in [0, 0.05) is 44.6 Å². The van der Waals surface area contributed by atoms with Gasteiger partial charge in [0.1, 0.15) is 17.0 Å². The van der Waals surface area contributed by atoms with Crippen LogP contribution in [0.1, 0.15) is 48.1 Å². The van der Waals surface area contributed by atoms with Crippen LogP contribution in [-0.4, -0.2) is 68.9 Å². The van der Waals surface area contributed by atoms with Crippen LogP contribution in [-0.2, 0) is 23.6 Å². The van der Waals surface area contributed by atoms with Crippen LogP contribution in [0.3, 0.4) is 0 Å². The molecule has 1 aliphatic carbocycles. The van der Waals surface area contributed by atoms with E-state index in [1.807, 2.05) is 29.7 Å². The average Bonchev–Trinajstić information content (AvgIpc) is 3.34. The molecule has 0 radical (unpaired) electrons. The molecule has 11 nitrogen and oxygen atoms in total. The summed E-state index contributed by atoms with van der Waals surface area (Å²) in [5.41, 5.74) is 1.75. The number of imidazole rings is 1. The Morgan fingerprint density at radius 3 is 2.74 bits per heavy atom. The van der Waals surface area contributed by atoms with E-state index >= 15 is 4.39 Å². The lowest BCUT2D eigenvalue weighted by molar-refractivity contribution is -0.0716. The first kappa shape index (κ1) is 29.9. The second kappa shape index (κ2) is 11.1. The molecule has 0 bridgehead atoms. The van der Waals surface area contributed by atoms with Crippen molar-refractivity contribution in [3.63, 3.8) is 0 Å². The number of aromatic carboxylic acids is 1. The quantitative estimate of drug-likeness (QED) is 0.265. The van der Waals surface area contributed by atoms with E-state index in [2.05, 4.69) is 20.9 Å². The minimum absolute atomic E-state index is 0.000837. The molecule has 1 saturated carbocycles. The lowest BCUT2D eigenvalue weighted by Gasteiger charge is -2.44. The SMILES string of the molecule is C[C@]1(c2ccc(Cl)cn2)Oc2cccc(N3CCN(Cc4nc5c(F)cc(C(=O)O)cc5n4CC4(CC#N)CC4)[C@@H]4COC[C@@H]43)c2O1. The minimum atomic E-state index is -1.20. The van der Waals surface area contributed by atoms with E-state index in [0.29, 0.717) is 79.4 Å². The van der Waals surface area contributed by atoms with Crippen LogP contribution in [0.2, 0.25) is 5.02 Å². The summed E-state index contributed by atoms with van der Waals surface area (Å²) in [6, 6.07) is 14.2. The van der Waals surface area contributed by atoms with Crippen LogP contribution < -0.4 is 14.4 Å². The maximum atomic E-state index is 15.3. The molecule has 8 rings (SSSR count). The standard InChI is InChI=1S/C34H32ClFN6O5/c1-33(28-6-5-21(35)15-38-28)46-27-4-2-3-23(31(27)47-33)41-12-11-40(25-17-45-18-26(25)41)16-29-39-30-22(36)13-20(32(43)44)14-24(30)42(29)19-34(7-8-34)9-10-37/h2-6,13-15,25-26H,7-9,11-12,16-19H2,1H3,(H,43,44)/t25-,26+,33+/m1/s1. The smallest absolute Gasteiger partial charge is 0.335 e. The van der Waals surface area contributed by atoms with Crippen LogP contribution in [0.25, 0.3) is 11.0 Å². The van der Waals surface area contributed by atoms with Gasteiger partial charge in [0.25, 0.3) is 5.79 Å². The summed E-state index contributed by atoms with van der Waals surface area (Å²) in [5, 5.41) is 19.7. The van der Waals surface area contributed by atoms with Crippen molar-refractivity contribution < 1.29 is 28.5 Å². The van der Waals surface area contributed by atoms with Crippen molar-refractivity contribution in [1.82, 2.24) is 19.4 Å². The highest BCUT2D eigenvalue weighted by atomic mass is 35.5. The Balaban J connectivity index is 1.09. The molecular formula is C34H32ClFN6O5. The second-order valence-corrected chi connectivity index (χ2v) is 13.5. The van der Waals surface area contributed by atoms with Crippen molar-refractivity contribution in [3.8, 4) is 17.6 Å². The fourth-order valence-corrected chi connectivity index (χ4v) is 7.34. The number of carboxylic acid groups (broad SMARTS) is 1. The average molecular weight is 659 g/mol. The number of pyridine rings is 1. The van der Waals surface area contributed by atoms with Gasteiger partial charge in [0.15, 0.2) is 17.3 Å². The number of para-hydroxylation sites is 1. The Morgan fingerprint density at radius 1 is 1.17 bits per heavy atom. The van der Waals surface area contributed by atoms with Gasteiger partial charge in [-0.1, -0.05) is 17.7 Å². The van der Waals surface area contributed by atoms with Crippen molar-refractivity contribution in [2.24, 2.45) is 5.41 Å². The molecule has 5 heterocycles. The fraction of sp³-hybridized carbons (Fsp3) is 0.412. The van der Waals surface area contributed by atoms with E-state index in [9.17, 15) is 15.2 Å². The molecule has 13 heteroatoms. The zero-order chi connectivity index (χ0) is 32.5. The maximum Gasteiger partial charge on any atom is 0.335 e. The Bertz CT molecular complexity index is 1940. The predicted octanol–water partition coefficient (Wildman–Crippen LogP) is 5.35. The largest absolute Gasteiger partial charge is 0.478 e. The van der Waals surface area contributed by atoms with Crippen LogP contribution in [0.15, 0.2) is 48.7 Å². The van der Waals surface area contributed by atoms with Gasteiger partial charge in [-0.2, -0.15) is 5.26 Å². The third kappa shape index (κ3) is 5.13. The summed E-state index contributed by atoms with van der Waals surface area (Å²) in [4.78, 5) is 25.6. The molecule has 3 atom stereocenters. The third-order valence-corrected chi connectivity index (χ3v) is 10.2. The first-order valence-corrected chi connectivity index (χ1v) is 16.1. The third-order valence-electron chi connectivity index (χ3n) is 9.96. The monoisotopic (exact) mass is 658 g/mol. The zero-order valence-corrected chi connectivity index (χ0v) is 26.4. The number of hydrogen-bond donors (Lipinski definition) is 1. The summed E-state index contributed by atoms with van der Waals surface area (Å²) in [5.74, 6) is -1.07. The molecule has 2 saturated heterocycles. The number of fused-ring (bicyclic) bond motifs is 3. The first-order valence-electron chi connectivity index (χ1n) is 15.7. The van der Waals surface area contributed by atoms with E-state index < -0.39 is 17.6 Å². The lowest BCUT2D eigenvalue weighted by Crippen LogP contribution is -2.59. The van der Waals surface area contributed by atoms with Gasteiger partial charge in [-0.3, -0.25) is 9.88 Å². The highest BCUT2D eigenvalue weighted by molar-refractivity contribution is 6.30. The molecule has 1 N–H and O–H groups in total. The number of nitriles is 1. The molecular weight excluding hydrogens is 627 g/mol. The highest BCUT2D eigenvalue weighted by Crippen LogP contribution is 2.52. The maximum absolute atomic E-state index is 15.3. The number of aromatic nitrogens is 3. The van der Waals surface area contributed by atoms with Gasteiger partial charge in [0.05, 0.1) is 59.7 Å². The van der Waals surface area contributed by atoms with E-state index in [4.69, 9.17) is 30.8 Å². The number of anilines is 1. The Morgan fingerprint density at radius 2 is 2.00 bits per heavy atom. The molecule has 0 unspecified atom stereocenters. The molecule has 47 heavy (non-hydrogen) atoms. The second-order valence-electron chi connectivity index (χ2n) is 13.0. The number of carboxylic acids is 1. The van der Waals surface area contributed by atoms with Crippen LogP contribution >= 0.6 is 11.6 Å². The van der Waals surface area contributed by atoms with Gasteiger partial charge in [-0.05, 0) is 49.2 Å². The number of rotatable bonds is 8. The number of piperazine rings is 1.